The molecule has 0 amide bonds. The van der Waals surface area contributed by atoms with Gasteiger partial charge in [-0.15, -0.1) is 0 Å². The fraction of sp³-hybridized carbons (Fsp3) is 0.533. The zero-order valence-corrected chi connectivity index (χ0v) is 12.7. The predicted octanol–water partition coefficient (Wildman–Crippen LogP) is 3.10. The van der Waals surface area contributed by atoms with Crippen molar-refractivity contribution in [3.05, 3.63) is 34.3 Å². The standard InChI is InChI=1S/C15H22ClN3O/c1-15(2)7-3-4-13(15)18-9-11-6-5-10(8-12(11)16)14(17)19-20/h5-6,8,13,18,20H,3-4,7,9H2,1-2H3,(H2,17,19). The van der Waals surface area contributed by atoms with Crippen molar-refractivity contribution in [3.63, 3.8) is 0 Å². The first kappa shape index (κ1) is 15.1. The normalized spacial score (nSPS) is 22.1. The summed E-state index contributed by atoms with van der Waals surface area (Å²) in [4.78, 5) is 0. The van der Waals surface area contributed by atoms with Gasteiger partial charge < -0.3 is 16.3 Å². The number of nitrogens with two attached hydrogens (primary N) is 1. The molecule has 0 spiro atoms. The van der Waals surface area contributed by atoms with Crippen LogP contribution in [0.15, 0.2) is 23.4 Å². The molecule has 0 heterocycles. The molecule has 1 aromatic carbocycles. The van der Waals surface area contributed by atoms with Gasteiger partial charge in [-0.1, -0.05) is 49.2 Å². The number of nitrogens with one attached hydrogen (secondary N) is 1. The van der Waals surface area contributed by atoms with Crippen LogP contribution in [-0.2, 0) is 6.54 Å². The number of amidine groups is 1. The molecule has 1 atom stereocenters. The predicted molar refractivity (Wildman–Crippen MR) is 82.2 cm³/mol. The third-order valence-corrected chi connectivity index (χ3v) is 4.60. The number of halogens is 1. The summed E-state index contributed by atoms with van der Waals surface area (Å²) >= 11 is 6.25. The molecular weight excluding hydrogens is 274 g/mol. The molecule has 4 N–H and O–H groups in total. The molecule has 0 aliphatic heterocycles. The molecule has 0 saturated heterocycles. The Kier molecular flexibility index (Phi) is 4.55. The van der Waals surface area contributed by atoms with Crippen LogP contribution < -0.4 is 11.1 Å². The molecule has 1 aromatic rings. The van der Waals surface area contributed by atoms with E-state index < -0.39 is 0 Å². The van der Waals surface area contributed by atoms with Crippen molar-refractivity contribution in [3.8, 4) is 0 Å². The number of hydrogen-bond acceptors (Lipinski definition) is 3. The highest BCUT2D eigenvalue weighted by atomic mass is 35.5. The van der Waals surface area contributed by atoms with E-state index in [4.69, 9.17) is 22.5 Å². The Morgan fingerprint density at radius 2 is 2.30 bits per heavy atom. The molecule has 1 unspecified atom stereocenters. The first-order valence-corrected chi connectivity index (χ1v) is 7.31. The van der Waals surface area contributed by atoms with Crippen LogP contribution in [-0.4, -0.2) is 17.1 Å². The second kappa shape index (κ2) is 6.02. The van der Waals surface area contributed by atoms with E-state index >= 15 is 0 Å². The van der Waals surface area contributed by atoms with Crippen LogP contribution in [0.2, 0.25) is 5.02 Å². The molecule has 20 heavy (non-hydrogen) atoms. The fourth-order valence-electron chi connectivity index (χ4n) is 2.85. The molecule has 1 fully saturated rings. The van der Waals surface area contributed by atoms with Gasteiger partial charge in [0.25, 0.3) is 0 Å². The summed E-state index contributed by atoms with van der Waals surface area (Å²) in [5, 5.41) is 15.9. The van der Waals surface area contributed by atoms with Crippen LogP contribution in [0, 0.1) is 5.41 Å². The van der Waals surface area contributed by atoms with E-state index in [1.807, 2.05) is 12.1 Å². The zero-order valence-electron chi connectivity index (χ0n) is 12.0. The van der Waals surface area contributed by atoms with Gasteiger partial charge in [0.1, 0.15) is 0 Å². The minimum absolute atomic E-state index is 0.0725. The van der Waals surface area contributed by atoms with Crippen molar-refractivity contribution in [2.75, 3.05) is 0 Å². The van der Waals surface area contributed by atoms with Crippen molar-refractivity contribution in [2.45, 2.75) is 45.7 Å². The van der Waals surface area contributed by atoms with Crippen molar-refractivity contribution in [1.29, 1.82) is 0 Å². The highest BCUT2D eigenvalue weighted by Crippen LogP contribution is 2.37. The Morgan fingerprint density at radius 3 is 2.85 bits per heavy atom. The van der Waals surface area contributed by atoms with Gasteiger partial charge in [-0.05, 0) is 29.9 Å². The van der Waals surface area contributed by atoms with Crippen LogP contribution >= 0.6 is 11.6 Å². The molecule has 1 saturated carbocycles. The summed E-state index contributed by atoms with van der Waals surface area (Å²) < 4.78 is 0. The number of hydrogen-bond donors (Lipinski definition) is 3. The molecule has 0 aromatic heterocycles. The van der Waals surface area contributed by atoms with Gasteiger partial charge >= 0.3 is 0 Å². The largest absolute Gasteiger partial charge is 0.409 e. The maximum atomic E-state index is 8.66. The summed E-state index contributed by atoms with van der Waals surface area (Å²) in [5.74, 6) is 0.0725. The number of benzene rings is 1. The van der Waals surface area contributed by atoms with Crippen LogP contribution in [0.4, 0.5) is 0 Å². The summed E-state index contributed by atoms with van der Waals surface area (Å²) in [6.45, 7) is 5.35. The highest BCUT2D eigenvalue weighted by Gasteiger charge is 2.33. The van der Waals surface area contributed by atoms with Gasteiger partial charge in [0.05, 0.1) is 0 Å². The zero-order chi connectivity index (χ0) is 14.8. The topological polar surface area (TPSA) is 70.6 Å². The molecule has 0 bridgehead atoms. The van der Waals surface area contributed by atoms with Gasteiger partial charge in [0.15, 0.2) is 5.84 Å². The molecule has 0 radical (unpaired) electrons. The molecule has 2 rings (SSSR count). The van der Waals surface area contributed by atoms with Crippen LogP contribution in [0.3, 0.4) is 0 Å². The van der Waals surface area contributed by atoms with E-state index in [-0.39, 0.29) is 5.84 Å². The average Bonchev–Trinajstić information content (AvgIpc) is 2.75. The van der Waals surface area contributed by atoms with Crippen molar-refractivity contribution in [2.24, 2.45) is 16.3 Å². The van der Waals surface area contributed by atoms with Gasteiger partial charge in [-0.3, -0.25) is 0 Å². The minimum atomic E-state index is 0.0725. The second-order valence-corrected chi connectivity index (χ2v) is 6.51. The average molecular weight is 296 g/mol. The Hall–Kier alpha value is -1.26. The lowest BCUT2D eigenvalue weighted by Crippen LogP contribution is -2.37. The van der Waals surface area contributed by atoms with E-state index in [0.29, 0.717) is 22.0 Å². The summed E-state index contributed by atoms with van der Waals surface area (Å²) in [7, 11) is 0. The lowest BCUT2D eigenvalue weighted by atomic mass is 9.87. The van der Waals surface area contributed by atoms with Crippen LogP contribution in [0.25, 0.3) is 0 Å². The van der Waals surface area contributed by atoms with Crippen molar-refractivity contribution in [1.82, 2.24) is 5.32 Å². The van der Waals surface area contributed by atoms with Crippen molar-refractivity contribution < 1.29 is 5.21 Å². The van der Waals surface area contributed by atoms with Crippen molar-refractivity contribution >= 4 is 17.4 Å². The summed E-state index contributed by atoms with van der Waals surface area (Å²) in [5.41, 5.74) is 7.55. The van der Waals surface area contributed by atoms with E-state index in [0.717, 1.165) is 12.1 Å². The molecule has 1 aliphatic carbocycles. The monoisotopic (exact) mass is 295 g/mol. The Bertz CT molecular complexity index is 514. The number of rotatable bonds is 4. The highest BCUT2D eigenvalue weighted by molar-refractivity contribution is 6.31. The van der Waals surface area contributed by atoms with E-state index in [1.54, 1.807) is 6.07 Å². The van der Waals surface area contributed by atoms with Gasteiger partial charge in [0.2, 0.25) is 0 Å². The number of nitrogens with zero attached hydrogens (tertiary/aromatic N) is 1. The van der Waals surface area contributed by atoms with E-state index in [1.165, 1.54) is 19.3 Å². The van der Waals surface area contributed by atoms with E-state index in [2.05, 4.69) is 24.3 Å². The summed E-state index contributed by atoms with van der Waals surface area (Å²) in [6.07, 6.45) is 3.76. The molecule has 5 heteroatoms. The first-order valence-electron chi connectivity index (χ1n) is 6.94. The Morgan fingerprint density at radius 1 is 1.55 bits per heavy atom. The van der Waals surface area contributed by atoms with E-state index in [9.17, 15) is 0 Å². The third kappa shape index (κ3) is 3.25. The van der Waals surface area contributed by atoms with Gasteiger partial charge in [-0.25, -0.2) is 0 Å². The number of oxime groups is 1. The van der Waals surface area contributed by atoms with Crippen LogP contribution in [0.5, 0.6) is 0 Å². The molecule has 1 aliphatic rings. The molecule has 4 nitrogen and oxygen atoms in total. The molecule has 110 valence electrons. The first-order chi connectivity index (χ1) is 9.44. The summed E-state index contributed by atoms with van der Waals surface area (Å²) in [6, 6.07) is 6.00. The second-order valence-electron chi connectivity index (χ2n) is 6.11. The fourth-order valence-corrected chi connectivity index (χ4v) is 3.09. The Labute approximate surface area is 125 Å². The lowest BCUT2D eigenvalue weighted by Gasteiger charge is -2.28. The van der Waals surface area contributed by atoms with Gasteiger partial charge in [-0.2, -0.15) is 0 Å². The van der Waals surface area contributed by atoms with Gasteiger partial charge in [0, 0.05) is 23.2 Å². The third-order valence-electron chi connectivity index (χ3n) is 4.25. The minimum Gasteiger partial charge on any atom is -0.409 e. The lowest BCUT2D eigenvalue weighted by molar-refractivity contribution is 0.282. The molecular formula is C15H22ClN3O. The SMILES string of the molecule is CC1(C)CCCC1NCc1ccc(/C(N)=N/O)cc1Cl. The Balaban J connectivity index is 2.04. The van der Waals surface area contributed by atoms with Crippen LogP contribution in [0.1, 0.15) is 44.2 Å². The quantitative estimate of drug-likeness (QED) is 0.346. The smallest absolute Gasteiger partial charge is 0.170 e. The maximum absolute atomic E-state index is 8.66. The maximum Gasteiger partial charge on any atom is 0.170 e.